The van der Waals surface area contributed by atoms with Gasteiger partial charge in [0.1, 0.15) is 5.75 Å². The van der Waals surface area contributed by atoms with Gasteiger partial charge >= 0.3 is 0 Å². The number of morpholine rings is 1. The minimum atomic E-state index is -0.0742. The maximum absolute atomic E-state index is 13.2. The van der Waals surface area contributed by atoms with Crippen molar-refractivity contribution in [3.63, 3.8) is 0 Å². The Morgan fingerprint density at radius 1 is 1.14 bits per heavy atom. The molecule has 0 bridgehead atoms. The van der Waals surface area contributed by atoms with Crippen LogP contribution >= 0.6 is 0 Å². The van der Waals surface area contributed by atoms with Gasteiger partial charge in [0, 0.05) is 45.0 Å². The Balaban J connectivity index is 1.42. The maximum atomic E-state index is 13.2. The molecular formula is C28H40N4O3. The summed E-state index contributed by atoms with van der Waals surface area (Å²) in [5.41, 5.74) is 2.36. The third kappa shape index (κ3) is 6.81. The van der Waals surface area contributed by atoms with E-state index in [1.165, 1.54) is 5.56 Å². The Morgan fingerprint density at radius 3 is 2.60 bits per heavy atom. The fraction of sp³-hybridized carbons (Fsp3) is 0.571. The fourth-order valence-corrected chi connectivity index (χ4v) is 5.48. The van der Waals surface area contributed by atoms with Gasteiger partial charge < -0.3 is 14.4 Å². The Bertz CT molecular complexity index is 927. The van der Waals surface area contributed by atoms with Gasteiger partial charge in [0.25, 0.3) is 0 Å². The van der Waals surface area contributed by atoms with Crippen molar-refractivity contribution in [2.75, 3.05) is 53.6 Å². The van der Waals surface area contributed by atoms with E-state index in [9.17, 15) is 4.79 Å². The van der Waals surface area contributed by atoms with E-state index in [1.807, 2.05) is 31.3 Å². The summed E-state index contributed by atoms with van der Waals surface area (Å²) in [7, 11) is 3.92. The molecule has 0 spiro atoms. The topological polar surface area (TPSA) is 58.1 Å². The van der Waals surface area contributed by atoms with Crippen LogP contribution in [0.3, 0.4) is 0 Å². The third-order valence-electron chi connectivity index (χ3n) is 7.63. The van der Waals surface area contributed by atoms with Crippen LogP contribution in [0.4, 0.5) is 0 Å². The van der Waals surface area contributed by atoms with Crippen molar-refractivity contribution >= 4 is 5.91 Å². The highest BCUT2D eigenvalue weighted by atomic mass is 16.5. The molecule has 0 unspecified atom stereocenters. The number of rotatable bonds is 9. The number of methoxy groups -OCH3 is 1. The van der Waals surface area contributed by atoms with Crippen LogP contribution < -0.4 is 4.74 Å². The van der Waals surface area contributed by atoms with Gasteiger partial charge in [-0.15, -0.1) is 0 Å². The largest absolute Gasteiger partial charge is 0.497 e. The molecule has 3 heterocycles. The van der Waals surface area contributed by atoms with E-state index in [1.54, 1.807) is 7.11 Å². The van der Waals surface area contributed by atoms with Crippen LogP contribution in [-0.4, -0.2) is 91.2 Å². The number of likely N-dealkylation sites (tertiary alicyclic amines) is 1. The zero-order valence-corrected chi connectivity index (χ0v) is 21.4. The first-order valence-corrected chi connectivity index (χ1v) is 12.9. The molecule has 0 saturated carbocycles. The molecule has 4 rings (SSSR count). The molecule has 190 valence electrons. The van der Waals surface area contributed by atoms with Crippen LogP contribution in [0.25, 0.3) is 0 Å². The smallest absolute Gasteiger partial charge is 0.239 e. The number of nitrogens with zero attached hydrogens (tertiary/aromatic N) is 4. The van der Waals surface area contributed by atoms with Crippen molar-refractivity contribution in [2.24, 2.45) is 5.92 Å². The predicted molar refractivity (Wildman–Crippen MR) is 137 cm³/mol. The number of aromatic nitrogens is 1. The van der Waals surface area contributed by atoms with Crippen molar-refractivity contribution in [3.8, 4) is 5.75 Å². The quantitative estimate of drug-likeness (QED) is 0.550. The molecule has 1 amide bonds. The second-order valence-corrected chi connectivity index (χ2v) is 9.85. The molecule has 2 aromatic rings. The molecule has 1 aromatic carbocycles. The molecule has 2 atom stereocenters. The molecule has 7 heteroatoms. The van der Waals surface area contributed by atoms with Crippen LogP contribution in [0.15, 0.2) is 48.7 Å². The van der Waals surface area contributed by atoms with Crippen molar-refractivity contribution < 1.29 is 14.3 Å². The van der Waals surface area contributed by atoms with Gasteiger partial charge in [0.05, 0.1) is 32.1 Å². The fourth-order valence-electron chi connectivity index (χ4n) is 5.48. The predicted octanol–water partition coefficient (Wildman–Crippen LogP) is 3.09. The lowest BCUT2D eigenvalue weighted by Gasteiger charge is -2.42. The highest BCUT2D eigenvalue weighted by Crippen LogP contribution is 2.28. The van der Waals surface area contributed by atoms with Crippen LogP contribution in [-0.2, 0) is 22.5 Å². The maximum Gasteiger partial charge on any atom is 0.239 e. The van der Waals surface area contributed by atoms with E-state index in [-0.39, 0.29) is 11.9 Å². The lowest BCUT2D eigenvalue weighted by atomic mass is 9.84. The van der Waals surface area contributed by atoms with E-state index in [0.29, 0.717) is 25.2 Å². The van der Waals surface area contributed by atoms with Crippen molar-refractivity contribution in [2.45, 2.75) is 44.8 Å². The number of piperidine rings is 1. The zero-order chi connectivity index (χ0) is 24.6. The first kappa shape index (κ1) is 25.6. The van der Waals surface area contributed by atoms with E-state index in [2.05, 4.69) is 51.0 Å². The number of hydrogen-bond donors (Lipinski definition) is 0. The highest BCUT2D eigenvalue weighted by Gasteiger charge is 2.34. The average molecular weight is 481 g/mol. The summed E-state index contributed by atoms with van der Waals surface area (Å²) < 4.78 is 10.9. The van der Waals surface area contributed by atoms with Gasteiger partial charge in [-0.05, 0) is 69.0 Å². The summed E-state index contributed by atoms with van der Waals surface area (Å²) in [6.45, 7) is 7.61. The molecule has 7 nitrogen and oxygen atoms in total. The lowest BCUT2D eigenvalue weighted by molar-refractivity contribution is -0.139. The molecule has 0 N–H and O–H groups in total. The summed E-state index contributed by atoms with van der Waals surface area (Å²) in [6.07, 6.45) is 4.84. The van der Waals surface area contributed by atoms with E-state index >= 15 is 0 Å². The minimum Gasteiger partial charge on any atom is -0.497 e. The monoisotopic (exact) mass is 480 g/mol. The zero-order valence-electron chi connectivity index (χ0n) is 21.4. The van der Waals surface area contributed by atoms with Crippen LogP contribution in [0.2, 0.25) is 0 Å². The number of carbonyl (C=O) groups is 1. The Morgan fingerprint density at radius 2 is 1.91 bits per heavy atom. The molecule has 2 fully saturated rings. The molecule has 2 aliphatic rings. The molecule has 0 aliphatic carbocycles. The molecule has 1 aromatic heterocycles. The summed E-state index contributed by atoms with van der Waals surface area (Å²) in [6, 6.07) is 14.8. The van der Waals surface area contributed by atoms with Gasteiger partial charge in [0.15, 0.2) is 0 Å². The normalized spacial score (nSPS) is 19.5. The highest BCUT2D eigenvalue weighted by molar-refractivity contribution is 5.81. The first-order valence-electron chi connectivity index (χ1n) is 12.9. The standard InChI is InChI=1S/C28H40N4O3/c1-22(31-15-17-35-18-16-31)28(33)32-13-10-24(11-14-32)27(20-23-7-6-9-26(19-23)34-3)30(2)21-25-8-4-5-12-29-25/h4-9,12,19,22,24,27H,10-11,13-18,20-21H2,1-3H3/t22-,27+/m0/s1. The Kier molecular flexibility index (Phi) is 9.12. The molecule has 35 heavy (non-hydrogen) atoms. The van der Waals surface area contributed by atoms with Gasteiger partial charge in [-0.3, -0.25) is 19.6 Å². The van der Waals surface area contributed by atoms with Gasteiger partial charge in [-0.1, -0.05) is 18.2 Å². The van der Waals surface area contributed by atoms with E-state index in [4.69, 9.17) is 9.47 Å². The molecule has 2 aliphatic heterocycles. The van der Waals surface area contributed by atoms with E-state index in [0.717, 1.165) is 63.4 Å². The summed E-state index contributed by atoms with van der Waals surface area (Å²) in [5.74, 6) is 1.67. The van der Waals surface area contributed by atoms with Crippen molar-refractivity contribution in [1.29, 1.82) is 0 Å². The van der Waals surface area contributed by atoms with Gasteiger partial charge in [0.2, 0.25) is 5.91 Å². The number of carbonyl (C=O) groups excluding carboxylic acids is 1. The van der Waals surface area contributed by atoms with Gasteiger partial charge in [-0.25, -0.2) is 0 Å². The SMILES string of the molecule is COc1cccc(C[C@H](C2CCN(C(=O)[C@H](C)N3CCOCC3)CC2)N(C)Cc2ccccn2)c1. The summed E-state index contributed by atoms with van der Waals surface area (Å²) in [5, 5.41) is 0. The molecular weight excluding hydrogens is 440 g/mol. The van der Waals surface area contributed by atoms with Crippen molar-refractivity contribution in [3.05, 3.63) is 59.9 Å². The second-order valence-electron chi connectivity index (χ2n) is 9.85. The van der Waals surface area contributed by atoms with E-state index < -0.39 is 0 Å². The molecule has 2 saturated heterocycles. The average Bonchev–Trinajstić information content (AvgIpc) is 2.92. The van der Waals surface area contributed by atoms with Gasteiger partial charge in [-0.2, -0.15) is 0 Å². The number of hydrogen-bond acceptors (Lipinski definition) is 6. The number of benzene rings is 1. The number of ether oxygens (including phenoxy) is 2. The number of amides is 1. The first-order chi connectivity index (χ1) is 17.0. The Hall–Kier alpha value is -2.48. The number of pyridine rings is 1. The minimum absolute atomic E-state index is 0.0742. The van der Waals surface area contributed by atoms with Crippen molar-refractivity contribution in [1.82, 2.24) is 19.7 Å². The second kappa shape index (κ2) is 12.5. The summed E-state index contributed by atoms with van der Waals surface area (Å²) in [4.78, 5) is 24.6. The van der Waals surface area contributed by atoms with Crippen LogP contribution in [0.1, 0.15) is 31.0 Å². The van der Waals surface area contributed by atoms with Crippen LogP contribution in [0.5, 0.6) is 5.75 Å². The third-order valence-corrected chi connectivity index (χ3v) is 7.63. The van der Waals surface area contributed by atoms with Crippen LogP contribution in [0, 0.1) is 5.92 Å². The molecule has 0 radical (unpaired) electrons. The Labute approximate surface area is 210 Å². The number of likely N-dealkylation sites (N-methyl/N-ethyl adjacent to an activating group) is 1. The summed E-state index contributed by atoms with van der Waals surface area (Å²) >= 11 is 0. The lowest BCUT2D eigenvalue weighted by Crippen LogP contribution is -2.53.